The predicted molar refractivity (Wildman–Crippen MR) is 407 cm³/mol. The van der Waals surface area contributed by atoms with Crippen molar-refractivity contribution >= 4 is 79.6 Å². The second-order valence-corrected chi connectivity index (χ2v) is 26.7. The minimum absolute atomic E-state index is 0.136. The lowest BCUT2D eigenvalue weighted by molar-refractivity contribution is -0.138. The van der Waals surface area contributed by atoms with Crippen molar-refractivity contribution in [2.45, 2.75) is 70.5 Å². The van der Waals surface area contributed by atoms with Crippen LogP contribution >= 0.6 is 23.2 Å². The molecule has 0 atom stereocenters. The topological polar surface area (TPSA) is 181 Å². The van der Waals surface area contributed by atoms with Gasteiger partial charge in [0.25, 0.3) is 0 Å². The second kappa shape index (κ2) is 35.9. The number of carbonyl (C=O) groups is 3. The molecular weight excluding hydrogens is 1320 g/mol. The number of pyridine rings is 3. The number of ketones is 3. The van der Waals surface area contributed by atoms with Crippen LogP contribution in [0.5, 0.6) is 0 Å². The van der Waals surface area contributed by atoms with Gasteiger partial charge in [0.15, 0.2) is 17.3 Å². The van der Waals surface area contributed by atoms with E-state index in [0.717, 1.165) is 106 Å². The van der Waals surface area contributed by atoms with Crippen molar-refractivity contribution in [2.24, 2.45) is 0 Å². The van der Waals surface area contributed by atoms with E-state index in [1.165, 1.54) is 38.4 Å². The number of hydrogen-bond acceptors (Lipinski definition) is 13. The van der Waals surface area contributed by atoms with Gasteiger partial charge in [0.2, 0.25) is 0 Å². The van der Waals surface area contributed by atoms with Crippen LogP contribution in [0.1, 0.15) is 133 Å². The number of anilines is 3. The van der Waals surface area contributed by atoms with Crippen LogP contribution in [-0.4, -0.2) is 125 Å². The largest absolute Gasteiger partial charge is 0.416 e. The Morgan fingerprint density at radius 2 is 1.05 bits per heavy atom. The van der Waals surface area contributed by atoms with E-state index in [2.05, 4.69) is 65.2 Å². The van der Waals surface area contributed by atoms with E-state index in [0.29, 0.717) is 86.8 Å². The number of nitrogens with two attached hydrogens (primary N) is 3. The number of benzene rings is 7. The maximum absolute atomic E-state index is 14.0. The lowest BCUT2D eigenvalue weighted by Crippen LogP contribution is -2.44. The van der Waals surface area contributed by atoms with Crippen molar-refractivity contribution in [3.8, 4) is 46.6 Å². The number of likely N-dealkylation sites (tertiary alicyclic amines) is 1. The number of aromatic nitrogens is 3. The zero-order valence-electron chi connectivity index (χ0n) is 57.5. The van der Waals surface area contributed by atoms with Crippen molar-refractivity contribution in [1.29, 1.82) is 0 Å². The first-order chi connectivity index (χ1) is 49.2. The molecule has 520 valence electrons. The summed E-state index contributed by atoms with van der Waals surface area (Å²) < 4.78 is 41.9. The number of unbranched alkanes of at least 4 members (excludes halogenated alkanes) is 1. The fraction of sp³-hybridized carbons (Fsp3) is 0.262. The zero-order valence-corrected chi connectivity index (χ0v) is 59.0. The molecule has 0 unspecified atom stereocenters. The third-order valence-electron chi connectivity index (χ3n) is 17.9. The highest BCUT2D eigenvalue weighted by atomic mass is 35.5. The Morgan fingerprint density at radius 1 is 0.510 bits per heavy atom. The quantitative estimate of drug-likeness (QED) is 0.0446. The number of likely N-dealkylation sites (N-methyl/N-ethyl adjacent to an activating group) is 1. The van der Waals surface area contributed by atoms with Crippen LogP contribution in [0.3, 0.4) is 0 Å². The van der Waals surface area contributed by atoms with E-state index in [1.54, 1.807) is 61.1 Å². The highest BCUT2D eigenvalue weighted by molar-refractivity contribution is 6.31. The van der Waals surface area contributed by atoms with Gasteiger partial charge < -0.3 is 31.9 Å². The maximum Gasteiger partial charge on any atom is 0.416 e. The van der Waals surface area contributed by atoms with Gasteiger partial charge in [-0.05, 0) is 169 Å². The number of fused-ring (bicyclic) bond motifs is 2. The van der Waals surface area contributed by atoms with Gasteiger partial charge in [0.05, 0.1) is 22.3 Å². The lowest BCUT2D eigenvalue weighted by atomic mass is 9.97. The summed E-state index contributed by atoms with van der Waals surface area (Å²) in [6.07, 6.45) is 8.55. The standard InChI is InChI=1S/C34H30ClF3N4O.C27H29N3O.C23H22ClN3O/c1-41-14-16-42(17-15-41)22-28-9-5-24(18-31(28)34(36,37)38)19-32(43)26-6-2-23(3-7-26)4-8-27-20-29(21-40-33(27)39)25-10-12-30(35)13-11-25;28-27-25(24-9-3-2-8-23(24)20-29-27)16-13-21-11-14-22(15-12-21)26(31)10-4-7-19-30-17-5-1-6-18-30;1-27(2)13-3-4-22(28)17-8-5-16(6-9-17)7-12-20-21-14-19(24)11-10-18(21)15-26-23(20)25/h2-3,5-7,9-13,18,20-21H,14-17,19,22H2,1H3,(H2,39,40);2-3,8-9,11-12,14-15,20H,1,4-7,10,17-19H2,(H2,28,29);5-6,8-11,14-15H,3-4,13H2,1-2H3,(H2,25,26). The Kier molecular flexibility index (Phi) is 26.2. The number of nitrogen functional groups attached to an aromatic ring is 3. The van der Waals surface area contributed by atoms with Crippen LogP contribution in [0, 0.1) is 35.5 Å². The molecule has 0 bridgehead atoms. The molecule has 0 radical (unpaired) electrons. The van der Waals surface area contributed by atoms with E-state index in [4.69, 9.17) is 40.4 Å². The Balaban J connectivity index is 0.000000170. The fourth-order valence-corrected chi connectivity index (χ4v) is 12.3. The predicted octanol–water partition coefficient (Wildman–Crippen LogP) is 16.0. The third kappa shape index (κ3) is 21.4. The molecule has 0 spiro atoms. The fourth-order valence-electron chi connectivity index (χ4n) is 12.0. The smallest absolute Gasteiger partial charge is 0.383 e. The maximum atomic E-state index is 14.0. The first kappa shape index (κ1) is 74.5. The van der Waals surface area contributed by atoms with Gasteiger partial charge in [0.1, 0.15) is 17.5 Å². The normalized spacial score (nSPS) is 13.3. The van der Waals surface area contributed by atoms with Gasteiger partial charge >= 0.3 is 6.18 Å². The Hall–Kier alpha value is -10.2. The van der Waals surface area contributed by atoms with E-state index in [9.17, 15) is 27.6 Å². The Bertz CT molecular complexity index is 4780. The number of piperazine rings is 1. The van der Waals surface area contributed by atoms with E-state index in [1.807, 2.05) is 135 Å². The highest BCUT2D eigenvalue weighted by Crippen LogP contribution is 2.35. The number of hydrogen-bond donors (Lipinski definition) is 3. The van der Waals surface area contributed by atoms with Gasteiger partial charge in [-0.1, -0.05) is 156 Å². The summed E-state index contributed by atoms with van der Waals surface area (Å²) in [7, 11) is 6.01. The van der Waals surface area contributed by atoms with E-state index < -0.39 is 11.7 Å². The summed E-state index contributed by atoms with van der Waals surface area (Å²) in [5.41, 5.74) is 25.9. The van der Waals surface area contributed by atoms with Crippen molar-refractivity contribution < 1.29 is 27.6 Å². The van der Waals surface area contributed by atoms with Crippen molar-refractivity contribution in [3.63, 3.8) is 0 Å². The minimum Gasteiger partial charge on any atom is -0.383 e. The minimum atomic E-state index is -4.51. The molecule has 6 N–H and O–H groups in total. The molecule has 7 aromatic carbocycles. The molecule has 18 heteroatoms. The van der Waals surface area contributed by atoms with Crippen LogP contribution in [0.4, 0.5) is 30.6 Å². The Labute approximate surface area is 605 Å². The van der Waals surface area contributed by atoms with E-state index >= 15 is 0 Å². The van der Waals surface area contributed by atoms with Gasteiger partial charge in [-0.25, -0.2) is 15.0 Å². The molecule has 0 saturated carbocycles. The number of alkyl halides is 3. The molecule has 0 amide bonds. The summed E-state index contributed by atoms with van der Waals surface area (Å²) in [6.45, 7) is 7.76. The van der Waals surface area contributed by atoms with Crippen molar-refractivity contribution in [2.75, 3.05) is 90.7 Å². The first-order valence-corrected chi connectivity index (χ1v) is 34.9. The molecule has 2 aliphatic heterocycles. The molecule has 2 fully saturated rings. The van der Waals surface area contributed by atoms with Crippen LogP contribution in [0.25, 0.3) is 32.7 Å². The van der Waals surface area contributed by atoms with Crippen LogP contribution in [0.15, 0.2) is 182 Å². The lowest BCUT2D eigenvalue weighted by Gasteiger charge is -2.33. The number of halogens is 5. The van der Waals surface area contributed by atoms with Crippen LogP contribution in [-0.2, 0) is 19.1 Å². The summed E-state index contributed by atoms with van der Waals surface area (Å²) in [5.74, 6) is 19.8. The van der Waals surface area contributed by atoms with Crippen molar-refractivity contribution in [3.05, 3.63) is 259 Å². The van der Waals surface area contributed by atoms with E-state index in [-0.39, 0.29) is 35.9 Å². The first-order valence-electron chi connectivity index (χ1n) is 34.1. The van der Waals surface area contributed by atoms with Gasteiger partial charge in [-0.2, -0.15) is 13.2 Å². The SMILES string of the molecule is CN(C)CCCC(=O)c1ccc(C#Cc2c(N)ncc3ccc(Cl)cc23)cc1.CN1CCN(Cc2ccc(CC(=O)c3ccc(C#Cc4cc(-c5ccc(Cl)cc5)cnc4N)cc3)cc2C(F)(F)F)CC1.Nc1ncc2ccccc2c1C#Cc1ccc(C(=O)CCCCN2CCCCC2)cc1. The van der Waals surface area contributed by atoms with Crippen molar-refractivity contribution in [1.82, 2.24) is 34.6 Å². The Morgan fingerprint density at radius 3 is 1.65 bits per heavy atom. The third-order valence-corrected chi connectivity index (χ3v) is 18.3. The molecular formula is C84H81Cl2F3N10O3. The molecule has 12 rings (SSSR count). The summed E-state index contributed by atoms with van der Waals surface area (Å²) in [4.78, 5) is 59.2. The average molecular weight is 1410 g/mol. The average Bonchev–Trinajstić information content (AvgIpc) is 0.818. The molecule has 0 aliphatic carbocycles. The van der Waals surface area contributed by atoms with Crippen LogP contribution in [0.2, 0.25) is 10.0 Å². The molecule has 3 aromatic heterocycles. The number of carbonyl (C=O) groups excluding carboxylic acids is 3. The molecule has 102 heavy (non-hydrogen) atoms. The summed E-state index contributed by atoms with van der Waals surface area (Å²) in [5, 5.41) is 5.08. The van der Waals surface area contributed by atoms with Gasteiger partial charge in [0, 0.05) is 141 Å². The molecule has 2 aliphatic rings. The molecule has 10 aromatic rings. The van der Waals surface area contributed by atoms with Gasteiger partial charge in [-0.15, -0.1) is 0 Å². The molecule has 2 saturated heterocycles. The molecule has 5 heterocycles. The highest BCUT2D eigenvalue weighted by Gasteiger charge is 2.34. The zero-order chi connectivity index (χ0) is 72.1. The number of Topliss-reactive ketones (excluding diaryl/α,β-unsaturated/α-hetero) is 3. The van der Waals surface area contributed by atoms with Crippen LogP contribution < -0.4 is 17.2 Å². The summed E-state index contributed by atoms with van der Waals surface area (Å²) in [6, 6.07) is 48.5. The van der Waals surface area contributed by atoms with Gasteiger partial charge in [-0.3, -0.25) is 19.3 Å². The number of piperidine rings is 1. The second-order valence-electron chi connectivity index (χ2n) is 25.8. The number of nitrogens with zero attached hydrogens (tertiary/aromatic N) is 7. The monoisotopic (exact) mass is 1400 g/mol. The molecule has 13 nitrogen and oxygen atoms in total. The summed E-state index contributed by atoms with van der Waals surface area (Å²) >= 11 is 12.1. The number of rotatable bonds is 17.